The molecular formula is C112H130N6O20. The number of pyridine rings is 2. The quantitative estimate of drug-likeness (QED) is 0.0275. The summed E-state index contributed by atoms with van der Waals surface area (Å²) in [6, 6.07) is 98.1. The Bertz CT molecular complexity index is 4870. The van der Waals surface area contributed by atoms with E-state index in [1.165, 1.54) is 0 Å². The molecule has 26 heteroatoms. The van der Waals surface area contributed by atoms with Crippen molar-refractivity contribution in [2.75, 3.05) is 112 Å². The number of benzene rings is 10. The topological polar surface area (TPSA) is 298 Å². The Labute approximate surface area is 809 Å². The lowest BCUT2D eigenvalue weighted by Crippen LogP contribution is -2.45. The lowest BCUT2D eigenvalue weighted by atomic mass is 10.1. The molecule has 26 nitrogen and oxygen atoms in total. The van der Waals surface area contributed by atoms with E-state index < -0.39 is 71.4 Å². The average Bonchev–Trinajstić information content (AvgIpc) is 0.783. The molecule has 10 aromatic carbocycles. The third kappa shape index (κ3) is 37.1. The summed E-state index contributed by atoms with van der Waals surface area (Å²) in [5.41, 5.74) is 15.5. The second-order valence-corrected chi connectivity index (χ2v) is 33.9. The summed E-state index contributed by atoms with van der Waals surface area (Å²) in [6.45, 7) is 6.91. The third-order valence-corrected chi connectivity index (χ3v) is 22.8. The smallest absolute Gasteiger partial charge is 0.303 e. The molecule has 0 radical (unpaired) electrons. The molecule has 0 saturated heterocycles. The molecule has 0 aliphatic carbocycles. The molecule has 2 aromatic heterocycles. The average molecular weight is 1880 g/mol. The van der Waals surface area contributed by atoms with Gasteiger partial charge < -0.3 is 96.9 Å². The minimum atomic E-state index is -0.962. The highest BCUT2D eigenvalue weighted by atomic mass is 16.6. The summed E-state index contributed by atoms with van der Waals surface area (Å²) in [5.74, 6) is -2.67. The maximum Gasteiger partial charge on any atom is 0.303 e. The van der Waals surface area contributed by atoms with Crippen LogP contribution in [0.5, 0.6) is 11.5 Å². The van der Waals surface area contributed by atoms with E-state index in [-0.39, 0.29) is 154 Å². The van der Waals surface area contributed by atoms with Crippen molar-refractivity contribution in [2.45, 2.75) is 142 Å². The van der Waals surface area contributed by atoms with E-state index in [0.29, 0.717) is 77.1 Å². The second-order valence-electron chi connectivity index (χ2n) is 33.9. The molecule has 0 aliphatic heterocycles. The van der Waals surface area contributed by atoms with Gasteiger partial charge in [-0.25, -0.2) is 0 Å². The molecule has 2 heterocycles. The van der Waals surface area contributed by atoms with Crippen LogP contribution in [0.2, 0.25) is 0 Å². The lowest BCUT2D eigenvalue weighted by Gasteiger charge is -2.28. The number of hydrogen-bond donors (Lipinski definition) is 4. The Morgan fingerprint density at radius 1 is 0.326 bits per heavy atom. The standard InChI is InChI=1S/C112H130N6O20/c1-85-60-104(107(137-71-95-50-29-11-30-51-95)111(123)117(85)98(73-133-100(77-125-63-87-34-13-3-14-35-87)78-126-64-88-36-15-4-16-37-88)74-134-101(79-127-65-89-38-17-5-18-39-89)80-128-66-90-40-19-6-20-41-90)109(121)114-56-58-116(62-97(113)54-33-55-106(119)120)59-57-115-110(122)105-61-86(2)118(112(124)108(105)138-72-96-52-31-12-32-53-96)99(75-135-102(81-129-67-91-42-21-7-22-43-91)82-130-68-92-44-23-8-24-45-92)76-136-103(83-131-69-93-46-25-9-26-47-93)84-132-70-94-48-27-10-28-49-94/h3-32,34-53,60-61,97-103H,33,54-59,62-84,113H2,1-2H3,(H,114,121)(H,115,122)(H,119,120). The summed E-state index contributed by atoms with van der Waals surface area (Å²) in [7, 11) is 0. The van der Waals surface area contributed by atoms with Crippen molar-refractivity contribution in [1.29, 1.82) is 0 Å². The van der Waals surface area contributed by atoms with Crippen LogP contribution in [0.25, 0.3) is 0 Å². The van der Waals surface area contributed by atoms with Crippen molar-refractivity contribution in [1.82, 2.24) is 24.7 Å². The molecule has 0 spiro atoms. The van der Waals surface area contributed by atoms with E-state index in [9.17, 15) is 9.90 Å². The van der Waals surface area contributed by atoms with E-state index in [2.05, 4.69) is 10.6 Å². The van der Waals surface area contributed by atoms with Gasteiger partial charge in [-0.1, -0.05) is 303 Å². The van der Waals surface area contributed by atoms with Crippen molar-refractivity contribution in [2.24, 2.45) is 5.73 Å². The summed E-state index contributed by atoms with van der Waals surface area (Å²) >= 11 is 0. The molecule has 5 N–H and O–H groups in total. The van der Waals surface area contributed by atoms with Gasteiger partial charge in [0, 0.05) is 56.6 Å². The van der Waals surface area contributed by atoms with Gasteiger partial charge in [-0.15, -0.1) is 0 Å². The molecule has 0 bridgehead atoms. The Hall–Kier alpha value is -12.5. The summed E-state index contributed by atoms with van der Waals surface area (Å²) in [6.07, 6.45) is -2.03. The Morgan fingerprint density at radius 2 is 0.543 bits per heavy atom. The van der Waals surface area contributed by atoms with E-state index >= 15 is 19.2 Å². The number of nitrogens with one attached hydrogen (secondary N) is 2. The summed E-state index contributed by atoms with van der Waals surface area (Å²) in [4.78, 5) is 76.2. The molecule has 2 amide bonds. The van der Waals surface area contributed by atoms with Crippen LogP contribution >= 0.6 is 0 Å². The first-order chi connectivity index (χ1) is 67.7. The van der Waals surface area contributed by atoms with Crippen LogP contribution < -0.4 is 37.0 Å². The molecule has 12 rings (SSSR count). The fourth-order valence-corrected chi connectivity index (χ4v) is 15.5. The van der Waals surface area contributed by atoms with Crippen molar-refractivity contribution >= 4 is 17.8 Å². The molecule has 1 unspecified atom stereocenters. The van der Waals surface area contributed by atoms with E-state index in [1.54, 1.807) is 35.1 Å². The number of carboxylic acid groups (broad SMARTS) is 1. The normalized spacial score (nSPS) is 11.8. The van der Waals surface area contributed by atoms with E-state index in [1.807, 2.05) is 308 Å². The number of amides is 2. The highest BCUT2D eigenvalue weighted by molar-refractivity contribution is 5.97. The number of nitrogens with zero attached hydrogens (tertiary/aromatic N) is 3. The zero-order valence-electron chi connectivity index (χ0n) is 78.9. The number of aromatic nitrogens is 2. The van der Waals surface area contributed by atoms with Gasteiger partial charge in [-0.2, -0.15) is 0 Å². The predicted octanol–water partition coefficient (Wildman–Crippen LogP) is 16.2. The van der Waals surface area contributed by atoms with Gasteiger partial charge in [-0.05, 0) is 94.5 Å². The molecule has 0 saturated carbocycles. The number of carbonyl (C=O) groups excluding carboxylic acids is 2. The number of hydrogen-bond acceptors (Lipinski definition) is 21. The van der Waals surface area contributed by atoms with Gasteiger partial charge >= 0.3 is 5.97 Å². The number of carbonyl (C=O) groups is 3. The van der Waals surface area contributed by atoms with Crippen molar-refractivity contribution in [3.05, 3.63) is 414 Å². The first-order valence-corrected chi connectivity index (χ1v) is 47.2. The van der Waals surface area contributed by atoms with Gasteiger partial charge in [0.2, 0.25) is 0 Å². The first kappa shape index (κ1) is 104. The molecule has 0 aliphatic rings. The molecule has 0 fully saturated rings. The summed E-state index contributed by atoms with van der Waals surface area (Å²) in [5, 5.41) is 15.8. The number of aliphatic carboxylic acids is 1. The zero-order chi connectivity index (χ0) is 96.2. The van der Waals surface area contributed by atoms with Crippen LogP contribution in [-0.4, -0.2) is 179 Å². The van der Waals surface area contributed by atoms with Crippen LogP contribution in [0, 0.1) is 13.8 Å². The summed E-state index contributed by atoms with van der Waals surface area (Å²) < 4.78 is 94.5. The van der Waals surface area contributed by atoms with Gasteiger partial charge in [0.1, 0.15) is 37.6 Å². The predicted molar refractivity (Wildman–Crippen MR) is 529 cm³/mol. The molecule has 728 valence electrons. The highest BCUT2D eigenvalue weighted by Crippen LogP contribution is 2.26. The SMILES string of the molecule is Cc1cc(C(=O)NCCN(CCNC(=O)c2cc(C)n(C(COC(COCc3ccccc3)COCc3ccccc3)COC(COCc3ccccc3)COCc3ccccc3)c(=O)c2OCc2ccccc2)CC(N)CCCC(=O)O)c(OCc2ccccc2)c(=O)n1C(COC(COCc1ccccc1)COCc1ccccc1)COC(COCc1ccccc1)COCc1ccccc1. The number of nitrogens with two attached hydrogens (primary N) is 1. The number of rotatable bonds is 66. The minimum absolute atomic E-state index is 0.00678. The fraction of sp³-hybridized carbons (Fsp3) is 0.348. The van der Waals surface area contributed by atoms with Crippen molar-refractivity contribution in [3.63, 3.8) is 0 Å². The van der Waals surface area contributed by atoms with Crippen LogP contribution in [0.3, 0.4) is 0 Å². The maximum atomic E-state index is 16.0. The molecule has 1 atom stereocenters. The van der Waals surface area contributed by atoms with Crippen molar-refractivity contribution < 1.29 is 85.8 Å². The Kier molecular flexibility index (Phi) is 45.1. The third-order valence-electron chi connectivity index (χ3n) is 22.8. The monoisotopic (exact) mass is 1880 g/mol. The van der Waals surface area contributed by atoms with Crippen LogP contribution in [-0.2, 0) is 128 Å². The zero-order valence-corrected chi connectivity index (χ0v) is 78.9. The van der Waals surface area contributed by atoms with Gasteiger partial charge in [0.25, 0.3) is 22.9 Å². The molecule has 138 heavy (non-hydrogen) atoms. The second kappa shape index (κ2) is 59.6. The van der Waals surface area contributed by atoms with Gasteiger partial charge in [0.15, 0.2) is 11.5 Å². The van der Waals surface area contributed by atoms with E-state index in [0.717, 1.165) is 55.6 Å². The highest BCUT2D eigenvalue weighted by Gasteiger charge is 2.31. The van der Waals surface area contributed by atoms with Crippen LogP contribution in [0.4, 0.5) is 0 Å². The maximum absolute atomic E-state index is 16.0. The van der Waals surface area contributed by atoms with Crippen LogP contribution in [0.15, 0.2) is 325 Å². The number of ether oxygens (including phenoxy) is 14. The Balaban J connectivity index is 0.812. The first-order valence-electron chi connectivity index (χ1n) is 47.2. The van der Waals surface area contributed by atoms with Gasteiger partial charge in [-0.3, -0.25) is 28.9 Å². The fourth-order valence-electron chi connectivity index (χ4n) is 15.5. The van der Waals surface area contributed by atoms with Crippen molar-refractivity contribution in [3.8, 4) is 11.5 Å². The van der Waals surface area contributed by atoms with Gasteiger partial charge in [0.05, 0.1) is 155 Å². The molecular weight excluding hydrogens is 1750 g/mol. The Morgan fingerprint density at radius 3 is 0.761 bits per heavy atom. The largest absolute Gasteiger partial charge is 0.482 e. The van der Waals surface area contributed by atoms with Crippen LogP contribution in [0.1, 0.15) is 119 Å². The number of aryl methyl sites for hydroxylation is 2. The lowest BCUT2D eigenvalue weighted by molar-refractivity contribution is -0.137. The minimum Gasteiger partial charge on any atom is -0.482 e. The molecule has 12 aromatic rings. The number of carboxylic acids is 1. The van der Waals surface area contributed by atoms with E-state index in [4.69, 9.17) is 72.0 Å².